The molecule has 3 heteroatoms. The summed E-state index contributed by atoms with van der Waals surface area (Å²) in [4.78, 5) is 13.1. The van der Waals surface area contributed by atoms with E-state index in [9.17, 15) is 4.79 Å². The molecule has 0 aromatic heterocycles. The average Bonchev–Trinajstić information content (AvgIpc) is 2.66. The van der Waals surface area contributed by atoms with E-state index < -0.39 is 0 Å². The third-order valence-electron chi connectivity index (χ3n) is 6.78. The zero-order valence-corrected chi connectivity index (χ0v) is 15.6. The van der Waals surface area contributed by atoms with Gasteiger partial charge in [0.25, 0.3) is 0 Å². The van der Waals surface area contributed by atoms with E-state index in [0.29, 0.717) is 11.5 Å². The molecule has 2 aromatic rings. The van der Waals surface area contributed by atoms with Crippen LogP contribution >= 0.6 is 0 Å². The second kappa shape index (κ2) is 6.70. The summed E-state index contributed by atoms with van der Waals surface area (Å²) >= 11 is 0. The van der Waals surface area contributed by atoms with Crippen LogP contribution in [0.3, 0.4) is 0 Å². The second-order valence-electron chi connectivity index (χ2n) is 8.80. The molecular formula is C24H26O3. The molecule has 0 N–H and O–H groups in total. The number of carbonyl (C=O) groups excluding carboxylic acids is 1. The van der Waals surface area contributed by atoms with Crippen molar-refractivity contribution in [1.29, 1.82) is 0 Å². The monoisotopic (exact) mass is 362 g/mol. The predicted molar refractivity (Wildman–Crippen MR) is 104 cm³/mol. The lowest BCUT2D eigenvalue weighted by Crippen LogP contribution is -2.51. The Morgan fingerprint density at radius 3 is 2.07 bits per heavy atom. The zero-order chi connectivity index (χ0) is 18.3. The molecule has 2 aromatic carbocycles. The molecule has 27 heavy (non-hydrogen) atoms. The first-order valence-electron chi connectivity index (χ1n) is 10.2. The van der Waals surface area contributed by atoms with Crippen molar-refractivity contribution in [3.05, 3.63) is 54.6 Å². The summed E-state index contributed by atoms with van der Waals surface area (Å²) in [6.45, 7) is 0.181. The maximum absolute atomic E-state index is 13.1. The number of Topliss-reactive ketones (excluding diaryl/α,β-unsaturated/α-hetero) is 1. The van der Waals surface area contributed by atoms with Crippen LogP contribution in [0.4, 0.5) is 0 Å². The van der Waals surface area contributed by atoms with E-state index in [0.717, 1.165) is 48.5 Å². The molecular weight excluding hydrogens is 336 g/mol. The average molecular weight is 362 g/mol. The molecule has 0 spiro atoms. The lowest BCUT2D eigenvalue weighted by molar-refractivity contribution is -0.145. The van der Waals surface area contributed by atoms with Gasteiger partial charge in [-0.2, -0.15) is 0 Å². The fourth-order valence-corrected chi connectivity index (χ4v) is 6.01. The van der Waals surface area contributed by atoms with Crippen molar-refractivity contribution in [2.24, 2.45) is 23.2 Å². The maximum Gasteiger partial charge on any atom is 0.176 e. The van der Waals surface area contributed by atoms with Crippen molar-refractivity contribution in [3.8, 4) is 17.2 Å². The molecule has 0 radical (unpaired) electrons. The quantitative estimate of drug-likeness (QED) is 0.667. The third-order valence-corrected chi connectivity index (χ3v) is 6.78. The number of ketones is 1. The van der Waals surface area contributed by atoms with Gasteiger partial charge < -0.3 is 9.47 Å². The Morgan fingerprint density at radius 2 is 1.41 bits per heavy atom. The highest BCUT2D eigenvalue weighted by Gasteiger charge is 2.54. The molecule has 6 rings (SSSR count). The topological polar surface area (TPSA) is 35.5 Å². The number of carbonyl (C=O) groups is 1. The van der Waals surface area contributed by atoms with Crippen LogP contribution in [0.15, 0.2) is 54.6 Å². The van der Waals surface area contributed by atoms with Gasteiger partial charge in [0, 0.05) is 11.5 Å². The smallest absolute Gasteiger partial charge is 0.176 e. The number of rotatable bonds is 6. The van der Waals surface area contributed by atoms with E-state index in [4.69, 9.17) is 9.47 Å². The standard InChI is InChI=1S/C24H26O3/c25-23(24-13-17-9-18(14-24)11-19(10-17)15-24)16-26-21-7-4-8-22(12-21)27-20-5-2-1-3-6-20/h1-8,12,17-19H,9-11,13-16H2. The predicted octanol–water partition coefficient (Wildman–Crippen LogP) is 5.64. The van der Waals surface area contributed by atoms with Crippen molar-refractivity contribution in [1.82, 2.24) is 0 Å². The Morgan fingerprint density at radius 1 is 0.815 bits per heavy atom. The van der Waals surface area contributed by atoms with Crippen LogP contribution in [0, 0.1) is 23.2 Å². The third kappa shape index (κ3) is 3.36. The molecule has 4 aliphatic carbocycles. The van der Waals surface area contributed by atoms with E-state index in [1.807, 2.05) is 54.6 Å². The Labute approximate surface area is 160 Å². The van der Waals surface area contributed by atoms with Crippen molar-refractivity contribution in [2.75, 3.05) is 6.61 Å². The Bertz CT molecular complexity index is 791. The van der Waals surface area contributed by atoms with Gasteiger partial charge in [0.05, 0.1) is 0 Å². The highest BCUT2D eigenvalue weighted by molar-refractivity contribution is 5.86. The minimum atomic E-state index is -0.0904. The minimum Gasteiger partial charge on any atom is -0.486 e. The van der Waals surface area contributed by atoms with Gasteiger partial charge in [-0.15, -0.1) is 0 Å². The second-order valence-corrected chi connectivity index (χ2v) is 8.80. The summed E-state index contributed by atoms with van der Waals surface area (Å²) in [5.74, 6) is 4.87. The van der Waals surface area contributed by atoms with E-state index in [1.54, 1.807) is 0 Å². The van der Waals surface area contributed by atoms with Gasteiger partial charge in [0.2, 0.25) is 0 Å². The molecule has 140 valence electrons. The minimum absolute atomic E-state index is 0.0904. The summed E-state index contributed by atoms with van der Waals surface area (Å²) in [7, 11) is 0. The fraction of sp³-hybridized carbons (Fsp3) is 0.458. The summed E-state index contributed by atoms with van der Waals surface area (Å²) in [6, 6.07) is 17.3. The molecule has 0 saturated heterocycles. The van der Waals surface area contributed by atoms with Crippen LogP contribution in [-0.2, 0) is 4.79 Å². The molecule has 0 unspecified atom stereocenters. The van der Waals surface area contributed by atoms with Gasteiger partial charge in [-0.05, 0) is 80.5 Å². The van der Waals surface area contributed by atoms with Gasteiger partial charge in [-0.3, -0.25) is 4.79 Å². The van der Waals surface area contributed by atoms with Crippen LogP contribution in [-0.4, -0.2) is 12.4 Å². The highest BCUT2D eigenvalue weighted by Crippen LogP contribution is 2.60. The van der Waals surface area contributed by atoms with Crippen LogP contribution < -0.4 is 9.47 Å². The van der Waals surface area contributed by atoms with Crippen LogP contribution in [0.5, 0.6) is 17.2 Å². The van der Waals surface area contributed by atoms with Crippen LogP contribution in [0.25, 0.3) is 0 Å². The first-order chi connectivity index (χ1) is 13.2. The van der Waals surface area contributed by atoms with Gasteiger partial charge in [-0.25, -0.2) is 0 Å². The summed E-state index contributed by atoms with van der Waals surface area (Å²) < 4.78 is 11.8. The van der Waals surface area contributed by atoms with E-state index >= 15 is 0 Å². The first kappa shape index (κ1) is 16.9. The molecule has 0 atom stereocenters. The fourth-order valence-electron chi connectivity index (χ4n) is 6.01. The van der Waals surface area contributed by atoms with Gasteiger partial charge in [0.15, 0.2) is 5.78 Å². The molecule has 3 nitrogen and oxygen atoms in total. The van der Waals surface area contributed by atoms with E-state index in [2.05, 4.69) is 0 Å². The highest BCUT2D eigenvalue weighted by atomic mass is 16.5. The lowest BCUT2D eigenvalue weighted by atomic mass is 9.48. The largest absolute Gasteiger partial charge is 0.486 e. The van der Waals surface area contributed by atoms with Crippen molar-refractivity contribution in [2.45, 2.75) is 38.5 Å². The van der Waals surface area contributed by atoms with Gasteiger partial charge in [-0.1, -0.05) is 24.3 Å². The number of ether oxygens (including phenoxy) is 2. The number of hydrogen-bond donors (Lipinski definition) is 0. The van der Waals surface area contributed by atoms with Crippen molar-refractivity contribution >= 4 is 5.78 Å². The van der Waals surface area contributed by atoms with Crippen LogP contribution in [0.1, 0.15) is 38.5 Å². The van der Waals surface area contributed by atoms with Crippen molar-refractivity contribution < 1.29 is 14.3 Å². The molecule has 4 aliphatic rings. The lowest BCUT2D eigenvalue weighted by Gasteiger charge is -2.55. The number of benzene rings is 2. The number of para-hydroxylation sites is 1. The number of hydrogen-bond acceptors (Lipinski definition) is 3. The molecule has 4 saturated carbocycles. The molecule has 0 heterocycles. The SMILES string of the molecule is O=C(COc1cccc(Oc2ccccc2)c1)C12CC3CC(CC(C3)C1)C2. The molecule has 4 fully saturated rings. The zero-order valence-electron chi connectivity index (χ0n) is 15.6. The first-order valence-corrected chi connectivity index (χ1v) is 10.2. The summed E-state index contributed by atoms with van der Waals surface area (Å²) in [5, 5.41) is 0. The van der Waals surface area contributed by atoms with Crippen molar-refractivity contribution in [3.63, 3.8) is 0 Å². The molecule has 0 amide bonds. The van der Waals surface area contributed by atoms with Gasteiger partial charge in [0.1, 0.15) is 23.9 Å². The molecule has 4 bridgehead atoms. The maximum atomic E-state index is 13.1. The van der Waals surface area contributed by atoms with E-state index in [1.165, 1.54) is 19.3 Å². The summed E-state index contributed by atoms with van der Waals surface area (Å²) in [6.07, 6.45) is 7.35. The molecule has 0 aliphatic heterocycles. The van der Waals surface area contributed by atoms with Gasteiger partial charge >= 0.3 is 0 Å². The van der Waals surface area contributed by atoms with E-state index in [-0.39, 0.29) is 12.0 Å². The Balaban J connectivity index is 1.24. The normalized spacial score (nSPS) is 30.9. The van der Waals surface area contributed by atoms with Crippen LogP contribution in [0.2, 0.25) is 0 Å². The Hall–Kier alpha value is -2.29. The summed E-state index contributed by atoms with van der Waals surface area (Å²) in [5.41, 5.74) is -0.0904. The Kier molecular flexibility index (Phi) is 4.18.